The Kier molecular flexibility index (Phi) is 9.07. The van der Waals surface area contributed by atoms with Gasteiger partial charge in [-0.25, -0.2) is 4.99 Å². The summed E-state index contributed by atoms with van der Waals surface area (Å²) in [5.74, 6) is 0.830. The number of nitrogens with one attached hydrogen (secondary N) is 2. The summed E-state index contributed by atoms with van der Waals surface area (Å²) in [5.41, 5.74) is 3.08. The van der Waals surface area contributed by atoms with Crippen molar-refractivity contribution in [3.63, 3.8) is 0 Å². The molecule has 0 bridgehead atoms. The van der Waals surface area contributed by atoms with Crippen LogP contribution in [0.3, 0.4) is 0 Å². The van der Waals surface area contributed by atoms with Gasteiger partial charge >= 0.3 is 0 Å². The van der Waals surface area contributed by atoms with E-state index in [2.05, 4.69) is 15.6 Å². The number of amides is 1. The number of benzene rings is 2. The number of aliphatic hydroxyl groups excluding tert-OH is 1. The molecule has 0 aliphatic carbocycles. The molecule has 1 fully saturated rings. The monoisotopic (exact) mass is 438 g/mol. The Morgan fingerprint density at radius 2 is 1.91 bits per heavy atom. The fourth-order valence-corrected chi connectivity index (χ4v) is 3.56. The fraction of sp³-hybridized carbons (Fsp3) is 0.440. The number of ether oxygens (including phenoxy) is 1. The molecule has 2 aromatic carbocycles. The molecule has 1 saturated heterocycles. The van der Waals surface area contributed by atoms with Gasteiger partial charge in [0.25, 0.3) is 0 Å². The number of hydrogen-bond acceptors (Lipinski definition) is 4. The smallest absolute Gasteiger partial charge is 0.227 e. The molecule has 7 nitrogen and oxygen atoms in total. The van der Waals surface area contributed by atoms with E-state index >= 15 is 0 Å². The molecule has 1 aliphatic heterocycles. The van der Waals surface area contributed by atoms with Crippen molar-refractivity contribution >= 4 is 17.6 Å². The van der Waals surface area contributed by atoms with Gasteiger partial charge in [0, 0.05) is 31.7 Å². The van der Waals surface area contributed by atoms with E-state index in [0.29, 0.717) is 25.5 Å². The van der Waals surface area contributed by atoms with E-state index in [4.69, 9.17) is 4.74 Å². The van der Waals surface area contributed by atoms with Gasteiger partial charge in [0.2, 0.25) is 5.91 Å². The third-order valence-corrected chi connectivity index (χ3v) is 5.40. The maximum absolute atomic E-state index is 11.9. The second kappa shape index (κ2) is 12.2. The van der Waals surface area contributed by atoms with Crippen molar-refractivity contribution in [1.82, 2.24) is 10.6 Å². The van der Waals surface area contributed by atoms with E-state index in [9.17, 15) is 9.90 Å². The molecule has 1 aliphatic rings. The van der Waals surface area contributed by atoms with E-state index in [1.165, 1.54) is 0 Å². The summed E-state index contributed by atoms with van der Waals surface area (Å²) in [6.45, 7) is 6.57. The number of nitrogens with zero attached hydrogens (tertiary/aromatic N) is 2. The zero-order valence-corrected chi connectivity index (χ0v) is 19.0. The second-order valence-corrected chi connectivity index (χ2v) is 7.93. The lowest BCUT2D eigenvalue weighted by Gasteiger charge is -2.18. The topological polar surface area (TPSA) is 86.2 Å². The number of hydrogen-bond donors (Lipinski definition) is 3. The van der Waals surface area contributed by atoms with Crippen LogP contribution in [0.5, 0.6) is 0 Å². The van der Waals surface area contributed by atoms with E-state index in [1.807, 2.05) is 73.3 Å². The lowest BCUT2D eigenvalue weighted by atomic mass is 10.1. The van der Waals surface area contributed by atoms with Crippen LogP contribution in [-0.2, 0) is 16.1 Å². The molecule has 2 aromatic rings. The van der Waals surface area contributed by atoms with E-state index in [1.54, 1.807) is 0 Å². The summed E-state index contributed by atoms with van der Waals surface area (Å²) in [5, 5.41) is 16.7. The molecule has 2 unspecified atom stereocenters. The van der Waals surface area contributed by atoms with E-state index < -0.39 is 6.10 Å². The summed E-state index contributed by atoms with van der Waals surface area (Å²) in [4.78, 5) is 18.3. The zero-order chi connectivity index (χ0) is 22.8. The summed E-state index contributed by atoms with van der Waals surface area (Å²) >= 11 is 0. The summed E-state index contributed by atoms with van der Waals surface area (Å²) in [6.07, 6.45) is 0.824. The second-order valence-electron chi connectivity index (χ2n) is 7.93. The molecule has 0 spiro atoms. The zero-order valence-electron chi connectivity index (χ0n) is 19.0. The normalized spacial score (nSPS) is 16.2. The number of aliphatic hydroxyl groups is 1. The SMILES string of the molecule is CCNC(=NCc1ccc(N2CCCC2=O)cc1)NCC(O)COC(C)c1ccccc1. The van der Waals surface area contributed by atoms with Crippen molar-refractivity contribution in [3.8, 4) is 0 Å². The van der Waals surface area contributed by atoms with Crippen LogP contribution in [0.25, 0.3) is 0 Å². The molecule has 3 rings (SSSR count). The van der Waals surface area contributed by atoms with Crippen LogP contribution in [-0.4, -0.2) is 49.3 Å². The number of rotatable bonds is 10. The quantitative estimate of drug-likeness (QED) is 0.392. The van der Waals surface area contributed by atoms with Crippen LogP contribution in [0.2, 0.25) is 0 Å². The highest BCUT2D eigenvalue weighted by atomic mass is 16.5. The highest BCUT2D eigenvalue weighted by Gasteiger charge is 2.21. The average Bonchev–Trinajstić information content (AvgIpc) is 3.26. The standard InChI is InChI=1S/C25H34N4O3/c1-3-26-25(28-17-23(30)18-32-19(2)21-8-5-4-6-9-21)27-16-20-11-13-22(14-12-20)29-15-7-10-24(29)31/h4-6,8-9,11-14,19,23,30H,3,7,10,15-18H2,1-2H3,(H2,26,27,28). The van der Waals surface area contributed by atoms with Crippen LogP contribution in [0.1, 0.15) is 43.9 Å². The van der Waals surface area contributed by atoms with Gasteiger partial charge < -0.3 is 25.4 Å². The van der Waals surface area contributed by atoms with Crippen molar-refractivity contribution in [2.24, 2.45) is 4.99 Å². The number of guanidine groups is 1. The van der Waals surface area contributed by atoms with Crippen molar-refractivity contribution in [2.75, 3.05) is 31.1 Å². The molecule has 0 radical (unpaired) electrons. The van der Waals surface area contributed by atoms with Crippen LogP contribution >= 0.6 is 0 Å². The number of aliphatic imine (C=N–C) groups is 1. The Hall–Kier alpha value is -2.90. The van der Waals surface area contributed by atoms with Crippen molar-refractivity contribution in [1.29, 1.82) is 0 Å². The molecule has 2 atom stereocenters. The molecular formula is C25H34N4O3. The Bertz CT molecular complexity index is 871. The highest BCUT2D eigenvalue weighted by Crippen LogP contribution is 2.21. The Morgan fingerprint density at radius 1 is 1.16 bits per heavy atom. The lowest BCUT2D eigenvalue weighted by molar-refractivity contribution is -0.117. The van der Waals surface area contributed by atoms with E-state index in [0.717, 1.165) is 36.3 Å². The molecule has 1 amide bonds. The lowest BCUT2D eigenvalue weighted by Crippen LogP contribution is -2.42. The average molecular weight is 439 g/mol. The van der Waals surface area contributed by atoms with Gasteiger partial charge in [-0.05, 0) is 43.5 Å². The van der Waals surface area contributed by atoms with Crippen LogP contribution in [0, 0.1) is 0 Å². The molecule has 0 saturated carbocycles. The third-order valence-electron chi connectivity index (χ3n) is 5.40. The first kappa shape index (κ1) is 23.8. The van der Waals surface area contributed by atoms with Gasteiger partial charge in [-0.15, -0.1) is 0 Å². The molecular weight excluding hydrogens is 404 g/mol. The minimum Gasteiger partial charge on any atom is -0.389 e. The van der Waals surface area contributed by atoms with Crippen LogP contribution in [0.15, 0.2) is 59.6 Å². The number of carbonyl (C=O) groups excluding carboxylic acids is 1. The summed E-state index contributed by atoms with van der Waals surface area (Å²) in [7, 11) is 0. The predicted octanol–water partition coefficient (Wildman–Crippen LogP) is 3.01. The maximum Gasteiger partial charge on any atom is 0.227 e. The van der Waals surface area contributed by atoms with Gasteiger partial charge in [0.1, 0.15) is 0 Å². The van der Waals surface area contributed by atoms with Gasteiger partial charge in [0.05, 0.1) is 25.4 Å². The Balaban J connectivity index is 1.46. The molecule has 172 valence electrons. The first-order valence-electron chi connectivity index (χ1n) is 11.3. The minimum atomic E-state index is -0.651. The first-order chi connectivity index (χ1) is 15.6. The van der Waals surface area contributed by atoms with Crippen molar-refractivity contribution in [2.45, 2.75) is 45.4 Å². The number of anilines is 1. The molecule has 32 heavy (non-hydrogen) atoms. The molecule has 1 heterocycles. The molecule has 0 aromatic heterocycles. The predicted molar refractivity (Wildman–Crippen MR) is 128 cm³/mol. The molecule has 7 heteroatoms. The summed E-state index contributed by atoms with van der Waals surface area (Å²) < 4.78 is 5.79. The van der Waals surface area contributed by atoms with Crippen molar-refractivity contribution in [3.05, 3.63) is 65.7 Å². The minimum absolute atomic E-state index is 0.0772. The van der Waals surface area contributed by atoms with Gasteiger partial charge in [0.15, 0.2) is 5.96 Å². The Morgan fingerprint density at radius 3 is 2.56 bits per heavy atom. The Labute approximate surface area is 190 Å². The van der Waals surface area contributed by atoms with Gasteiger partial charge in [-0.1, -0.05) is 42.5 Å². The van der Waals surface area contributed by atoms with E-state index in [-0.39, 0.29) is 18.6 Å². The maximum atomic E-state index is 11.9. The van der Waals surface area contributed by atoms with Crippen LogP contribution < -0.4 is 15.5 Å². The van der Waals surface area contributed by atoms with Gasteiger partial charge in [-0.3, -0.25) is 4.79 Å². The van der Waals surface area contributed by atoms with Crippen molar-refractivity contribution < 1.29 is 14.6 Å². The molecule has 3 N–H and O–H groups in total. The highest BCUT2D eigenvalue weighted by molar-refractivity contribution is 5.95. The fourth-order valence-electron chi connectivity index (χ4n) is 3.56. The largest absolute Gasteiger partial charge is 0.389 e. The summed E-state index contributed by atoms with van der Waals surface area (Å²) in [6, 6.07) is 17.9. The van der Waals surface area contributed by atoms with Gasteiger partial charge in [-0.2, -0.15) is 0 Å². The van der Waals surface area contributed by atoms with Crippen LogP contribution in [0.4, 0.5) is 5.69 Å². The number of carbonyl (C=O) groups is 1. The third kappa shape index (κ3) is 7.07. The first-order valence-corrected chi connectivity index (χ1v) is 11.3.